The van der Waals surface area contributed by atoms with E-state index in [4.69, 9.17) is 0 Å². The van der Waals surface area contributed by atoms with Crippen LogP contribution in [-0.4, -0.2) is 40.8 Å². The number of hydrogen-bond acceptors (Lipinski definition) is 4. The first kappa shape index (κ1) is 13.5. The lowest BCUT2D eigenvalue weighted by Crippen LogP contribution is -2.38. The van der Waals surface area contributed by atoms with Crippen molar-refractivity contribution >= 4 is 21.6 Å². The molecule has 0 aliphatic carbocycles. The number of anilines is 1. The van der Waals surface area contributed by atoms with Crippen LogP contribution in [0.15, 0.2) is 15.5 Å². The summed E-state index contributed by atoms with van der Waals surface area (Å²) in [5.41, 5.74) is 0.549. The summed E-state index contributed by atoms with van der Waals surface area (Å²) in [6.45, 7) is 5.49. The molecule has 0 aromatic carbocycles. The van der Waals surface area contributed by atoms with Gasteiger partial charge in [-0.1, -0.05) is 6.42 Å². The summed E-state index contributed by atoms with van der Waals surface area (Å²) in [6, 6.07) is 0.294. The van der Waals surface area contributed by atoms with E-state index >= 15 is 0 Å². The van der Waals surface area contributed by atoms with Crippen molar-refractivity contribution in [2.24, 2.45) is 0 Å². The van der Waals surface area contributed by atoms with Crippen LogP contribution in [0.3, 0.4) is 0 Å². The van der Waals surface area contributed by atoms with Crippen LogP contribution in [0.4, 0.5) is 5.69 Å². The maximum atomic E-state index is 11.4. The third-order valence-corrected chi connectivity index (χ3v) is 3.97. The number of piperidine rings is 1. The van der Waals surface area contributed by atoms with Gasteiger partial charge in [0.1, 0.15) is 4.47 Å². The average molecular weight is 315 g/mol. The van der Waals surface area contributed by atoms with Gasteiger partial charge in [0, 0.05) is 12.6 Å². The van der Waals surface area contributed by atoms with Crippen LogP contribution in [0.2, 0.25) is 0 Å². The Labute approximate surface area is 115 Å². The number of likely N-dealkylation sites (tertiary alicyclic amines) is 1. The molecule has 2 rings (SSSR count). The molecule has 2 N–H and O–H groups in total. The zero-order valence-electron chi connectivity index (χ0n) is 10.6. The van der Waals surface area contributed by atoms with Crippen LogP contribution in [0.1, 0.15) is 26.2 Å². The molecule has 1 saturated heterocycles. The molecule has 0 spiro atoms. The monoisotopic (exact) mass is 314 g/mol. The molecular formula is C12H19BrN4O. The second-order valence-corrected chi connectivity index (χ2v) is 5.63. The van der Waals surface area contributed by atoms with Crippen molar-refractivity contribution in [3.8, 4) is 0 Å². The second-order valence-electron chi connectivity index (χ2n) is 4.83. The lowest BCUT2D eigenvalue weighted by molar-refractivity contribution is 0.223. The van der Waals surface area contributed by atoms with E-state index in [-0.39, 0.29) is 5.56 Å². The van der Waals surface area contributed by atoms with E-state index in [1.807, 2.05) is 0 Å². The molecule has 6 heteroatoms. The van der Waals surface area contributed by atoms with E-state index in [1.54, 1.807) is 6.20 Å². The van der Waals surface area contributed by atoms with Crippen molar-refractivity contribution < 1.29 is 0 Å². The van der Waals surface area contributed by atoms with Gasteiger partial charge in [-0.15, -0.1) is 0 Å². The summed E-state index contributed by atoms with van der Waals surface area (Å²) in [5, 5.41) is 9.52. The summed E-state index contributed by atoms with van der Waals surface area (Å²) >= 11 is 3.27. The van der Waals surface area contributed by atoms with Crippen molar-refractivity contribution in [2.45, 2.75) is 32.2 Å². The Bertz CT molecular complexity index is 442. The summed E-state index contributed by atoms with van der Waals surface area (Å²) < 4.78 is 0.517. The highest BCUT2D eigenvalue weighted by atomic mass is 79.9. The van der Waals surface area contributed by atoms with Gasteiger partial charge in [0.25, 0.3) is 5.56 Å². The van der Waals surface area contributed by atoms with Gasteiger partial charge in [0.2, 0.25) is 0 Å². The molecule has 18 heavy (non-hydrogen) atoms. The summed E-state index contributed by atoms with van der Waals surface area (Å²) in [5.74, 6) is 0. The van der Waals surface area contributed by atoms with E-state index < -0.39 is 0 Å². The fourth-order valence-electron chi connectivity index (χ4n) is 2.32. The van der Waals surface area contributed by atoms with Crippen LogP contribution in [0, 0.1) is 0 Å². The molecule has 1 aromatic heterocycles. The number of halogens is 1. The van der Waals surface area contributed by atoms with Crippen molar-refractivity contribution in [1.29, 1.82) is 0 Å². The molecule has 1 fully saturated rings. The maximum Gasteiger partial charge on any atom is 0.280 e. The van der Waals surface area contributed by atoms with Gasteiger partial charge >= 0.3 is 0 Å². The Hall–Kier alpha value is -0.880. The zero-order chi connectivity index (χ0) is 13.0. The molecule has 1 aliphatic rings. The van der Waals surface area contributed by atoms with Crippen LogP contribution >= 0.6 is 15.9 Å². The lowest BCUT2D eigenvalue weighted by Gasteiger charge is -2.29. The highest BCUT2D eigenvalue weighted by Crippen LogP contribution is 2.17. The standard InChI is InChI=1S/C12H19BrN4O/c1-9(8-17-5-3-2-4-6-17)15-10-7-14-16-12(18)11(10)13/h7,9H,2-6,8H2,1H3,(H2,15,16,18). The highest BCUT2D eigenvalue weighted by molar-refractivity contribution is 9.10. The Morgan fingerprint density at radius 2 is 2.22 bits per heavy atom. The van der Waals surface area contributed by atoms with Crippen molar-refractivity contribution in [2.75, 3.05) is 25.0 Å². The molecule has 1 atom stereocenters. The number of aromatic amines is 1. The minimum atomic E-state index is -0.204. The first-order chi connectivity index (χ1) is 8.66. The molecule has 2 heterocycles. The predicted molar refractivity (Wildman–Crippen MR) is 75.9 cm³/mol. The third-order valence-electron chi connectivity index (χ3n) is 3.18. The lowest BCUT2D eigenvalue weighted by atomic mass is 10.1. The molecule has 1 unspecified atom stereocenters. The molecule has 0 saturated carbocycles. The quantitative estimate of drug-likeness (QED) is 0.890. The average Bonchev–Trinajstić information content (AvgIpc) is 2.36. The molecule has 0 radical (unpaired) electrons. The first-order valence-corrected chi connectivity index (χ1v) is 7.18. The second kappa shape index (κ2) is 6.33. The van der Waals surface area contributed by atoms with Crippen LogP contribution in [-0.2, 0) is 0 Å². The Balaban J connectivity index is 1.92. The summed E-state index contributed by atoms with van der Waals surface area (Å²) in [7, 11) is 0. The smallest absolute Gasteiger partial charge is 0.280 e. The van der Waals surface area contributed by atoms with Gasteiger partial charge in [-0.25, -0.2) is 5.10 Å². The number of nitrogens with zero attached hydrogens (tertiary/aromatic N) is 2. The number of rotatable bonds is 4. The largest absolute Gasteiger partial charge is 0.379 e. The Kier molecular flexibility index (Phi) is 4.77. The van der Waals surface area contributed by atoms with Crippen molar-refractivity contribution in [3.05, 3.63) is 21.0 Å². The minimum Gasteiger partial charge on any atom is -0.379 e. The number of hydrogen-bond donors (Lipinski definition) is 2. The van der Waals surface area contributed by atoms with E-state index in [2.05, 4.69) is 43.3 Å². The highest BCUT2D eigenvalue weighted by Gasteiger charge is 2.14. The number of H-pyrrole nitrogens is 1. The fourth-order valence-corrected chi connectivity index (χ4v) is 2.63. The fraction of sp³-hybridized carbons (Fsp3) is 0.667. The van der Waals surface area contributed by atoms with Gasteiger partial charge in [-0.2, -0.15) is 5.10 Å². The Morgan fingerprint density at radius 1 is 1.50 bits per heavy atom. The van der Waals surface area contributed by atoms with Gasteiger partial charge in [-0.3, -0.25) is 4.79 Å². The first-order valence-electron chi connectivity index (χ1n) is 6.39. The summed E-state index contributed by atoms with van der Waals surface area (Å²) in [4.78, 5) is 13.9. The van der Waals surface area contributed by atoms with Crippen LogP contribution < -0.4 is 10.9 Å². The van der Waals surface area contributed by atoms with E-state index in [0.717, 1.165) is 12.2 Å². The van der Waals surface area contributed by atoms with Gasteiger partial charge < -0.3 is 10.2 Å². The molecule has 100 valence electrons. The number of nitrogens with one attached hydrogen (secondary N) is 2. The van der Waals surface area contributed by atoms with Gasteiger partial charge in [0.15, 0.2) is 0 Å². The molecule has 0 amide bonds. The summed E-state index contributed by atoms with van der Waals surface area (Å²) in [6.07, 6.45) is 5.58. The molecule has 0 bridgehead atoms. The van der Waals surface area contributed by atoms with Crippen molar-refractivity contribution in [1.82, 2.24) is 15.1 Å². The third kappa shape index (κ3) is 3.55. The van der Waals surface area contributed by atoms with Crippen LogP contribution in [0.25, 0.3) is 0 Å². The van der Waals surface area contributed by atoms with Crippen LogP contribution in [0.5, 0.6) is 0 Å². The maximum absolute atomic E-state index is 11.4. The predicted octanol–water partition coefficient (Wildman–Crippen LogP) is 1.82. The SMILES string of the molecule is CC(CN1CCCCC1)Nc1cn[nH]c(=O)c1Br. The van der Waals surface area contributed by atoms with Crippen molar-refractivity contribution in [3.63, 3.8) is 0 Å². The van der Waals surface area contributed by atoms with E-state index in [0.29, 0.717) is 10.5 Å². The topological polar surface area (TPSA) is 61.0 Å². The van der Waals surface area contributed by atoms with Gasteiger partial charge in [0.05, 0.1) is 11.9 Å². The molecule has 1 aliphatic heterocycles. The Morgan fingerprint density at radius 3 is 2.94 bits per heavy atom. The minimum absolute atomic E-state index is 0.204. The normalized spacial score (nSPS) is 18.6. The van der Waals surface area contributed by atoms with Gasteiger partial charge in [-0.05, 0) is 48.8 Å². The van der Waals surface area contributed by atoms with E-state index in [1.165, 1.54) is 32.4 Å². The number of aromatic nitrogens is 2. The molecule has 1 aromatic rings. The molecule has 5 nitrogen and oxygen atoms in total. The zero-order valence-corrected chi connectivity index (χ0v) is 12.2. The van der Waals surface area contributed by atoms with E-state index in [9.17, 15) is 4.79 Å². The molecular weight excluding hydrogens is 296 g/mol.